The van der Waals surface area contributed by atoms with Crippen molar-refractivity contribution in [2.45, 2.75) is 88.8 Å². The third kappa shape index (κ3) is 7.19. The van der Waals surface area contributed by atoms with Crippen LogP contribution in [0.15, 0.2) is 42.5 Å². The summed E-state index contributed by atoms with van der Waals surface area (Å²) >= 11 is 0. The lowest BCUT2D eigenvalue weighted by molar-refractivity contribution is -0.126. The molecule has 1 saturated heterocycles. The van der Waals surface area contributed by atoms with Gasteiger partial charge in [0.2, 0.25) is 5.91 Å². The molecule has 2 aromatic carbocycles. The number of amides is 1. The van der Waals surface area contributed by atoms with Gasteiger partial charge in [0.25, 0.3) is 0 Å². The van der Waals surface area contributed by atoms with Gasteiger partial charge in [0.1, 0.15) is 11.6 Å². The summed E-state index contributed by atoms with van der Waals surface area (Å²) in [5, 5.41) is 18.0. The smallest absolute Gasteiger partial charge is 0.225 e. The van der Waals surface area contributed by atoms with E-state index in [9.17, 15) is 18.7 Å². The molecule has 208 valence electrons. The summed E-state index contributed by atoms with van der Waals surface area (Å²) in [5.74, 6) is -1.84. The minimum Gasteiger partial charge on any atom is -0.390 e. The predicted octanol–water partition coefficient (Wildman–Crippen LogP) is 5.14. The Balaban J connectivity index is 1.54. The highest BCUT2D eigenvalue weighted by Gasteiger charge is 2.36. The molecule has 1 heterocycles. The van der Waals surface area contributed by atoms with Crippen molar-refractivity contribution in [1.82, 2.24) is 10.6 Å². The summed E-state index contributed by atoms with van der Waals surface area (Å²) < 4.78 is 33.2. The molecule has 2 aliphatic rings. The number of carbonyl (C=O) groups excluding carboxylic acids is 1. The molecular formula is C31H42F2N2O3. The number of aliphatic hydroxyl groups is 1. The molecule has 0 spiro atoms. The van der Waals surface area contributed by atoms with Gasteiger partial charge >= 0.3 is 0 Å². The third-order valence-electron chi connectivity index (χ3n) is 8.11. The van der Waals surface area contributed by atoms with Crippen LogP contribution in [-0.2, 0) is 26.9 Å². The fraction of sp³-hybridized carbons (Fsp3) is 0.581. The van der Waals surface area contributed by atoms with E-state index in [1.165, 1.54) is 29.7 Å². The Morgan fingerprint density at radius 3 is 2.45 bits per heavy atom. The van der Waals surface area contributed by atoms with Crippen LogP contribution in [0.5, 0.6) is 0 Å². The second-order valence-electron chi connectivity index (χ2n) is 12.1. The molecule has 0 aromatic heterocycles. The van der Waals surface area contributed by atoms with Crippen LogP contribution in [0, 0.1) is 17.6 Å². The summed E-state index contributed by atoms with van der Waals surface area (Å²) in [6.45, 7) is 7.72. The minimum absolute atomic E-state index is 0.0188. The number of halogens is 2. The van der Waals surface area contributed by atoms with Crippen LogP contribution in [0.1, 0.15) is 76.0 Å². The molecule has 7 heteroatoms. The summed E-state index contributed by atoms with van der Waals surface area (Å²) in [4.78, 5) is 12.9. The summed E-state index contributed by atoms with van der Waals surface area (Å²) in [6.07, 6.45) is 5.05. The highest BCUT2D eigenvalue weighted by atomic mass is 19.1. The van der Waals surface area contributed by atoms with Gasteiger partial charge in [-0.2, -0.15) is 0 Å². The Kier molecular flexibility index (Phi) is 9.22. The molecule has 5 nitrogen and oxygen atoms in total. The van der Waals surface area contributed by atoms with Crippen LogP contribution in [0.25, 0.3) is 0 Å². The van der Waals surface area contributed by atoms with E-state index in [1.54, 1.807) is 0 Å². The quantitative estimate of drug-likeness (QED) is 0.422. The van der Waals surface area contributed by atoms with Crippen molar-refractivity contribution in [2.75, 3.05) is 19.8 Å². The fourth-order valence-corrected chi connectivity index (χ4v) is 5.76. The lowest BCUT2D eigenvalue weighted by Gasteiger charge is -2.41. The van der Waals surface area contributed by atoms with Gasteiger partial charge in [-0.1, -0.05) is 64.3 Å². The molecule has 3 atom stereocenters. The maximum Gasteiger partial charge on any atom is 0.225 e. The molecule has 1 aliphatic heterocycles. The molecule has 1 amide bonds. The van der Waals surface area contributed by atoms with E-state index in [-0.39, 0.29) is 35.7 Å². The van der Waals surface area contributed by atoms with Gasteiger partial charge in [0.05, 0.1) is 24.7 Å². The van der Waals surface area contributed by atoms with E-state index >= 15 is 0 Å². The predicted molar refractivity (Wildman–Crippen MR) is 145 cm³/mol. The topological polar surface area (TPSA) is 70.6 Å². The minimum atomic E-state index is -0.961. The van der Waals surface area contributed by atoms with Gasteiger partial charge in [0.15, 0.2) is 0 Å². The Labute approximate surface area is 225 Å². The molecule has 2 fully saturated rings. The number of ether oxygens (including phenoxy) is 1. The number of rotatable bonds is 9. The largest absolute Gasteiger partial charge is 0.390 e. The van der Waals surface area contributed by atoms with Crippen LogP contribution in [-0.4, -0.2) is 42.9 Å². The normalized spacial score (nSPS) is 21.2. The summed E-state index contributed by atoms with van der Waals surface area (Å²) in [7, 11) is 0. The zero-order chi connectivity index (χ0) is 27.3. The number of nitrogens with one attached hydrogen (secondary N) is 2. The SMILES string of the molecule is CC(C)(C)c1cccc(C2(NCC(O)C(Cc3cc(F)cc(F)c3)NC(=O)C3CCOC3)CCCCC2)c1. The first-order chi connectivity index (χ1) is 18.1. The van der Waals surface area contributed by atoms with Gasteiger partial charge < -0.3 is 20.5 Å². The first-order valence-corrected chi connectivity index (χ1v) is 13.9. The van der Waals surface area contributed by atoms with Crippen molar-refractivity contribution >= 4 is 5.91 Å². The number of aliphatic hydroxyl groups excluding tert-OH is 1. The number of hydrogen-bond donors (Lipinski definition) is 3. The van der Waals surface area contributed by atoms with Gasteiger partial charge in [-0.05, 0) is 59.9 Å². The van der Waals surface area contributed by atoms with Crippen molar-refractivity contribution in [2.24, 2.45) is 5.92 Å². The molecule has 1 aliphatic carbocycles. The van der Waals surface area contributed by atoms with E-state index < -0.39 is 23.8 Å². The van der Waals surface area contributed by atoms with E-state index in [1.807, 2.05) is 0 Å². The second kappa shape index (κ2) is 12.2. The first-order valence-electron chi connectivity index (χ1n) is 13.9. The van der Waals surface area contributed by atoms with E-state index in [0.717, 1.165) is 31.7 Å². The van der Waals surface area contributed by atoms with Gasteiger partial charge in [-0.15, -0.1) is 0 Å². The van der Waals surface area contributed by atoms with Crippen LogP contribution >= 0.6 is 0 Å². The first kappa shape index (κ1) is 28.7. The molecule has 2 aromatic rings. The number of hydrogen-bond acceptors (Lipinski definition) is 4. The molecule has 1 saturated carbocycles. The van der Waals surface area contributed by atoms with Crippen LogP contribution in [0.3, 0.4) is 0 Å². The standard InChI is InChI=1S/C31H42F2N2O3/c1-30(2,3)23-8-7-9-24(17-23)31(11-5-4-6-12-31)34-19-28(36)27(35-29(37)22-10-13-38-20-22)16-21-14-25(32)18-26(33)15-21/h7-9,14-15,17-18,22,27-28,34,36H,4-6,10-13,16,19-20H2,1-3H3,(H,35,37). The van der Waals surface area contributed by atoms with Crippen molar-refractivity contribution in [3.63, 3.8) is 0 Å². The fourth-order valence-electron chi connectivity index (χ4n) is 5.76. The van der Waals surface area contributed by atoms with Crippen molar-refractivity contribution in [1.29, 1.82) is 0 Å². The Hall–Kier alpha value is -2.35. The highest BCUT2D eigenvalue weighted by Crippen LogP contribution is 2.38. The van der Waals surface area contributed by atoms with E-state index in [0.29, 0.717) is 25.2 Å². The Morgan fingerprint density at radius 1 is 1.11 bits per heavy atom. The number of benzene rings is 2. The zero-order valence-corrected chi connectivity index (χ0v) is 22.9. The van der Waals surface area contributed by atoms with Crippen molar-refractivity contribution in [3.05, 3.63) is 70.8 Å². The molecule has 0 bridgehead atoms. The second-order valence-corrected chi connectivity index (χ2v) is 12.1. The molecule has 3 N–H and O–H groups in total. The van der Waals surface area contributed by atoms with E-state index in [2.05, 4.69) is 55.7 Å². The van der Waals surface area contributed by atoms with Gasteiger partial charge in [-0.3, -0.25) is 4.79 Å². The molecular weight excluding hydrogens is 486 g/mol. The average Bonchev–Trinajstić information content (AvgIpc) is 3.42. The van der Waals surface area contributed by atoms with Crippen molar-refractivity contribution in [3.8, 4) is 0 Å². The third-order valence-corrected chi connectivity index (χ3v) is 8.11. The number of carbonyl (C=O) groups is 1. The summed E-state index contributed by atoms with van der Waals surface area (Å²) in [5.41, 5.74) is 2.61. The maximum absolute atomic E-state index is 13.9. The lowest BCUT2D eigenvalue weighted by Crippen LogP contribution is -2.54. The zero-order valence-electron chi connectivity index (χ0n) is 22.9. The van der Waals surface area contributed by atoms with Crippen LogP contribution < -0.4 is 10.6 Å². The maximum atomic E-state index is 13.9. The lowest BCUT2D eigenvalue weighted by atomic mass is 9.74. The van der Waals surface area contributed by atoms with Crippen molar-refractivity contribution < 1.29 is 23.4 Å². The molecule has 3 unspecified atom stereocenters. The Bertz CT molecular complexity index is 1070. The highest BCUT2D eigenvalue weighted by molar-refractivity contribution is 5.79. The monoisotopic (exact) mass is 528 g/mol. The van der Waals surface area contributed by atoms with Crippen LogP contribution in [0.2, 0.25) is 0 Å². The Morgan fingerprint density at radius 2 is 1.82 bits per heavy atom. The molecule has 4 rings (SSSR count). The molecule has 0 radical (unpaired) electrons. The summed E-state index contributed by atoms with van der Waals surface area (Å²) in [6, 6.07) is 11.3. The van der Waals surface area contributed by atoms with E-state index in [4.69, 9.17) is 4.74 Å². The van der Waals surface area contributed by atoms with Gasteiger partial charge in [-0.25, -0.2) is 8.78 Å². The average molecular weight is 529 g/mol. The molecule has 38 heavy (non-hydrogen) atoms. The van der Waals surface area contributed by atoms with Crippen LogP contribution in [0.4, 0.5) is 8.78 Å². The van der Waals surface area contributed by atoms with Gasteiger partial charge in [0, 0.05) is 24.8 Å².